The van der Waals surface area contributed by atoms with Gasteiger partial charge in [0.05, 0.1) is 18.5 Å². The first-order valence-corrected chi connectivity index (χ1v) is 6.97. The molecule has 1 aliphatic rings. The lowest BCUT2D eigenvalue weighted by atomic mass is 9.86. The molecule has 0 spiro atoms. The van der Waals surface area contributed by atoms with Crippen molar-refractivity contribution in [2.45, 2.75) is 37.1 Å². The molecule has 3 rings (SSSR count). The van der Waals surface area contributed by atoms with E-state index in [4.69, 9.17) is 5.73 Å². The summed E-state index contributed by atoms with van der Waals surface area (Å²) >= 11 is 0. The molecule has 2 aromatic rings. The summed E-state index contributed by atoms with van der Waals surface area (Å²) in [5.74, 6) is 0.723. The quantitative estimate of drug-likeness (QED) is 0.669. The third-order valence-corrected chi connectivity index (χ3v) is 4.10. The SMILES string of the molecule is CN(C)c1ncnc2c1ncn2[C@@H]1CC[C@@H](N)[C@@H](O)[C@@H]1O. The number of aliphatic hydroxyl groups excluding tert-OH is 2. The van der Waals surface area contributed by atoms with Crippen molar-refractivity contribution < 1.29 is 10.2 Å². The Morgan fingerprint density at radius 2 is 1.95 bits per heavy atom. The summed E-state index contributed by atoms with van der Waals surface area (Å²) in [5, 5.41) is 20.3. The van der Waals surface area contributed by atoms with Crippen molar-refractivity contribution in [3.8, 4) is 0 Å². The van der Waals surface area contributed by atoms with Crippen LogP contribution in [0.2, 0.25) is 0 Å². The highest BCUT2D eigenvalue weighted by atomic mass is 16.3. The van der Waals surface area contributed by atoms with Crippen LogP contribution in [0.3, 0.4) is 0 Å². The van der Waals surface area contributed by atoms with E-state index in [9.17, 15) is 10.2 Å². The van der Waals surface area contributed by atoms with E-state index in [0.29, 0.717) is 24.0 Å². The molecule has 1 aliphatic carbocycles. The highest BCUT2D eigenvalue weighted by Gasteiger charge is 2.37. The summed E-state index contributed by atoms with van der Waals surface area (Å²) in [6.45, 7) is 0. The van der Waals surface area contributed by atoms with E-state index in [1.807, 2.05) is 23.6 Å². The van der Waals surface area contributed by atoms with Crippen LogP contribution in [0.4, 0.5) is 5.82 Å². The van der Waals surface area contributed by atoms with Gasteiger partial charge in [0.15, 0.2) is 17.0 Å². The van der Waals surface area contributed by atoms with Crippen LogP contribution in [0.5, 0.6) is 0 Å². The van der Waals surface area contributed by atoms with Gasteiger partial charge >= 0.3 is 0 Å². The minimum atomic E-state index is -0.934. The van der Waals surface area contributed by atoms with Gasteiger partial charge in [-0.1, -0.05) is 0 Å². The second-order valence-electron chi connectivity index (χ2n) is 5.71. The molecule has 4 N–H and O–H groups in total. The van der Waals surface area contributed by atoms with Crippen molar-refractivity contribution in [3.05, 3.63) is 12.7 Å². The number of nitrogens with two attached hydrogens (primary N) is 1. The monoisotopic (exact) mass is 292 g/mol. The van der Waals surface area contributed by atoms with E-state index >= 15 is 0 Å². The molecule has 114 valence electrons. The Morgan fingerprint density at radius 1 is 1.19 bits per heavy atom. The molecule has 21 heavy (non-hydrogen) atoms. The first-order chi connectivity index (χ1) is 10.0. The average Bonchev–Trinajstić information content (AvgIpc) is 2.88. The molecule has 1 saturated carbocycles. The molecular weight excluding hydrogens is 272 g/mol. The summed E-state index contributed by atoms with van der Waals surface area (Å²) in [5.41, 5.74) is 7.13. The second-order valence-corrected chi connectivity index (χ2v) is 5.71. The van der Waals surface area contributed by atoms with E-state index in [-0.39, 0.29) is 6.04 Å². The van der Waals surface area contributed by atoms with Gasteiger partial charge < -0.3 is 25.4 Å². The summed E-state index contributed by atoms with van der Waals surface area (Å²) in [6.07, 6.45) is 2.58. The zero-order valence-corrected chi connectivity index (χ0v) is 12.1. The topological polar surface area (TPSA) is 113 Å². The van der Waals surface area contributed by atoms with E-state index < -0.39 is 18.2 Å². The van der Waals surface area contributed by atoms with Crippen molar-refractivity contribution in [3.63, 3.8) is 0 Å². The standard InChI is InChI=1S/C13H20N6O2/c1-18(2)12-9-13(16-5-15-12)19(6-17-9)8-4-3-7(14)10(20)11(8)21/h5-8,10-11,20-21H,3-4,14H2,1-2H3/t7-,8-,10-,11-/m1/s1. The van der Waals surface area contributed by atoms with Gasteiger partial charge in [0.2, 0.25) is 0 Å². The molecule has 0 bridgehead atoms. The van der Waals surface area contributed by atoms with E-state index in [2.05, 4.69) is 15.0 Å². The molecule has 2 heterocycles. The largest absolute Gasteiger partial charge is 0.389 e. The number of fused-ring (bicyclic) bond motifs is 1. The Labute approximate surface area is 122 Å². The van der Waals surface area contributed by atoms with Gasteiger partial charge in [-0.25, -0.2) is 15.0 Å². The number of aliphatic hydroxyl groups is 2. The van der Waals surface area contributed by atoms with Gasteiger partial charge in [-0.05, 0) is 12.8 Å². The van der Waals surface area contributed by atoms with Gasteiger partial charge in [-0.2, -0.15) is 0 Å². The van der Waals surface area contributed by atoms with Crippen molar-refractivity contribution in [1.82, 2.24) is 19.5 Å². The Hall–Kier alpha value is -1.77. The molecule has 0 aromatic carbocycles. The molecule has 8 heteroatoms. The average molecular weight is 292 g/mol. The fourth-order valence-corrected chi connectivity index (χ4v) is 2.90. The number of hydrogen-bond acceptors (Lipinski definition) is 7. The zero-order chi connectivity index (χ0) is 15.1. The predicted octanol–water partition coefficient (Wildman–Crippen LogP) is -0.724. The molecule has 1 fully saturated rings. The fraction of sp³-hybridized carbons (Fsp3) is 0.615. The number of aromatic nitrogens is 4. The minimum Gasteiger partial charge on any atom is -0.389 e. The van der Waals surface area contributed by atoms with E-state index in [0.717, 1.165) is 5.82 Å². The molecular formula is C13H20N6O2. The number of rotatable bonds is 2. The minimum absolute atomic E-state index is 0.283. The lowest BCUT2D eigenvalue weighted by Gasteiger charge is -2.36. The third-order valence-electron chi connectivity index (χ3n) is 4.10. The molecule has 0 radical (unpaired) electrons. The van der Waals surface area contributed by atoms with Crippen LogP contribution < -0.4 is 10.6 Å². The van der Waals surface area contributed by atoms with Crippen LogP contribution in [0.15, 0.2) is 12.7 Å². The highest BCUT2D eigenvalue weighted by Crippen LogP contribution is 2.31. The third kappa shape index (κ3) is 2.25. The molecule has 0 saturated heterocycles. The first kappa shape index (κ1) is 14.2. The maximum Gasteiger partial charge on any atom is 0.165 e. The second kappa shape index (κ2) is 5.21. The van der Waals surface area contributed by atoms with Gasteiger partial charge in [0.1, 0.15) is 12.4 Å². The molecule has 0 aliphatic heterocycles. The van der Waals surface area contributed by atoms with Crippen molar-refractivity contribution >= 4 is 17.0 Å². The summed E-state index contributed by atoms with van der Waals surface area (Å²) in [4.78, 5) is 14.7. The maximum atomic E-state index is 10.3. The number of nitrogens with zero attached hydrogens (tertiary/aromatic N) is 5. The molecule has 0 unspecified atom stereocenters. The van der Waals surface area contributed by atoms with Crippen LogP contribution in [-0.4, -0.2) is 62.1 Å². The summed E-state index contributed by atoms with van der Waals surface area (Å²) < 4.78 is 1.81. The summed E-state index contributed by atoms with van der Waals surface area (Å²) in [6, 6.07) is -0.673. The highest BCUT2D eigenvalue weighted by molar-refractivity contribution is 5.83. The van der Waals surface area contributed by atoms with Crippen molar-refractivity contribution in [2.75, 3.05) is 19.0 Å². The summed E-state index contributed by atoms with van der Waals surface area (Å²) in [7, 11) is 3.78. The van der Waals surface area contributed by atoms with Gasteiger partial charge in [-0.15, -0.1) is 0 Å². The number of imidazole rings is 1. The zero-order valence-electron chi connectivity index (χ0n) is 12.1. The van der Waals surface area contributed by atoms with Crippen LogP contribution in [-0.2, 0) is 0 Å². The number of hydrogen-bond donors (Lipinski definition) is 3. The van der Waals surface area contributed by atoms with Gasteiger partial charge in [0.25, 0.3) is 0 Å². The van der Waals surface area contributed by atoms with Gasteiger partial charge in [0, 0.05) is 20.1 Å². The Balaban J connectivity index is 2.04. The molecule has 2 aromatic heterocycles. The van der Waals surface area contributed by atoms with Crippen LogP contribution >= 0.6 is 0 Å². The molecule has 8 nitrogen and oxygen atoms in total. The first-order valence-electron chi connectivity index (χ1n) is 6.97. The van der Waals surface area contributed by atoms with E-state index in [1.165, 1.54) is 6.33 Å². The molecule has 4 atom stereocenters. The number of anilines is 1. The van der Waals surface area contributed by atoms with Crippen LogP contribution in [0.25, 0.3) is 11.2 Å². The lowest BCUT2D eigenvalue weighted by molar-refractivity contribution is -0.0493. The van der Waals surface area contributed by atoms with Crippen molar-refractivity contribution in [1.29, 1.82) is 0 Å². The van der Waals surface area contributed by atoms with E-state index in [1.54, 1.807) is 6.33 Å². The molecule has 0 amide bonds. The smallest absolute Gasteiger partial charge is 0.165 e. The Bertz CT molecular complexity index is 643. The van der Waals surface area contributed by atoms with Gasteiger partial charge in [-0.3, -0.25) is 0 Å². The fourth-order valence-electron chi connectivity index (χ4n) is 2.90. The maximum absolute atomic E-state index is 10.3. The Morgan fingerprint density at radius 3 is 2.67 bits per heavy atom. The van der Waals surface area contributed by atoms with Crippen molar-refractivity contribution in [2.24, 2.45) is 5.73 Å². The normalized spacial score (nSPS) is 29.8. The lowest BCUT2D eigenvalue weighted by Crippen LogP contribution is -2.50. The Kier molecular flexibility index (Phi) is 3.52. The van der Waals surface area contributed by atoms with Crippen LogP contribution in [0.1, 0.15) is 18.9 Å². The predicted molar refractivity (Wildman–Crippen MR) is 77.9 cm³/mol. The van der Waals surface area contributed by atoms with Crippen LogP contribution in [0, 0.1) is 0 Å².